The number of benzene rings is 1. The van der Waals surface area contributed by atoms with Crippen molar-refractivity contribution in [3.8, 4) is 5.75 Å². The molecular formula is C20H27ClN4O2S. The lowest BCUT2D eigenvalue weighted by molar-refractivity contribution is -0.127. The maximum Gasteiger partial charge on any atom is 0.233 e. The van der Waals surface area contributed by atoms with E-state index in [0.29, 0.717) is 16.5 Å². The van der Waals surface area contributed by atoms with E-state index >= 15 is 0 Å². The number of para-hydroxylation sites is 1. The van der Waals surface area contributed by atoms with Crippen LogP contribution in [0, 0.1) is 0 Å². The first-order valence-corrected chi connectivity index (χ1v) is 11.2. The van der Waals surface area contributed by atoms with Crippen molar-refractivity contribution in [2.45, 2.75) is 57.3 Å². The van der Waals surface area contributed by atoms with Crippen molar-refractivity contribution < 1.29 is 9.53 Å². The van der Waals surface area contributed by atoms with Gasteiger partial charge in [-0.1, -0.05) is 49.3 Å². The number of likely N-dealkylation sites (tertiary alicyclic amines) is 1. The second-order valence-electron chi connectivity index (χ2n) is 6.83. The summed E-state index contributed by atoms with van der Waals surface area (Å²) in [4.78, 5) is 14.3. The maximum absolute atomic E-state index is 12.4. The van der Waals surface area contributed by atoms with Crippen molar-refractivity contribution in [2.75, 3.05) is 18.8 Å². The van der Waals surface area contributed by atoms with Crippen molar-refractivity contribution in [2.24, 2.45) is 0 Å². The summed E-state index contributed by atoms with van der Waals surface area (Å²) in [6.45, 7) is 6.33. The molecule has 0 bridgehead atoms. The molecule has 2 aromatic rings. The molecule has 1 aliphatic rings. The molecule has 1 fully saturated rings. The fourth-order valence-electron chi connectivity index (χ4n) is 3.41. The summed E-state index contributed by atoms with van der Waals surface area (Å²) in [5, 5.41) is 10.1. The van der Waals surface area contributed by atoms with E-state index in [0.717, 1.165) is 49.8 Å². The lowest BCUT2D eigenvalue weighted by Gasteiger charge is -2.20. The first-order valence-electron chi connectivity index (χ1n) is 9.85. The number of hydrogen-bond acceptors (Lipinski definition) is 5. The smallest absolute Gasteiger partial charge is 0.233 e. The summed E-state index contributed by atoms with van der Waals surface area (Å²) in [6, 6.07) is 7.66. The number of nitrogens with zero attached hydrogens (tertiary/aromatic N) is 4. The number of thioether (sulfide) groups is 1. The highest BCUT2D eigenvalue weighted by Gasteiger charge is 2.22. The molecule has 3 rings (SSSR count). The Balaban J connectivity index is 1.72. The Bertz CT molecular complexity index is 788. The summed E-state index contributed by atoms with van der Waals surface area (Å²) in [7, 11) is 0. The lowest BCUT2D eigenvalue weighted by Crippen LogP contribution is -2.29. The molecular weight excluding hydrogens is 396 g/mol. The quantitative estimate of drug-likeness (QED) is 0.553. The number of hydrogen-bond donors (Lipinski definition) is 0. The molecule has 1 aromatic carbocycles. The molecule has 1 amide bonds. The Morgan fingerprint density at radius 1 is 1.21 bits per heavy atom. The minimum absolute atomic E-state index is 0.176. The zero-order chi connectivity index (χ0) is 19.9. The van der Waals surface area contributed by atoms with Crippen LogP contribution < -0.4 is 4.74 Å². The number of carbonyl (C=O) groups excluding carboxylic acids is 1. The number of amides is 1. The fraction of sp³-hybridized carbons (Fsp3) is 0.550. The first kappa shape index (κ1) is 21.0. The van der Waals surface area contributed by atoms with Crippen LogP contribution in [-0.4, -0.2) is 44.4 Å². The summed E-state index contributed by atoms with van der Waals surface area (Å²) in [6.07, 6.45) is 4.12. The minimum Gasteiger partial charge on any atom is -0.484 e. The van der Waals surface area contributed by atoms with E-state index < -0.39 is 0 Å². The summed E-state index contributed by atoms with van der Waals surface area (Å²) in [5.74, 6) is 1.95. The zero-order valence-corrected chi connectivity index (χ0v) is 18.0. The van der Waals surface area contributed by atoms with E-state index in [4.69, 9.17) is 16.3 Å². The van der Waals surface area contributed by atoms with Crippen LogP contribution >= 0.6 is 23.4 Å². The largest absolute Gasteiger partial charge is 0.484 e. The fourth-order valence-corrected chi connectivity index (χ4v) is 4.53. The van der Waals surface area contributed by atoms with Gasteiger partial charge >= 0.3 is 0 Å². The van der Waals surface area contributed by atoms with E-state index in [-0.39, 0.29) is 18.6 Å². The summed E-state index contributed by atoms with van der Waals surface area (Å²) in [5.41, 5.74) is 0. The first-order chi connectivity index (χ1) is 13.6. The Morgan fingerprint density at radius 2 is 1.93 bits per heavy atom. The number of carbonyl (C=O) groups is 1. The highest BCUT2D eigenvalue weighted by molar-refractivity contribution is 7.99. The second-order valence-corrected chi connectivity index (χ2v) is 8.18. The normalized spacial score (nSPS) is 14.1. The highest BCUT2D eigenvalue weighted by atomic mass is 35.5. The van der Waals surface area contributed by atoms with Gasteiger partial charge in [-0.3, -0.25) is 4.79 Å². The summed E-state index contributed by atoms with van der Waals surface area (Å²) >= 11 is 7.65. The molecule has 28 heavy (non-hydrogen) atoms. The molecule has 0 unspecified atom stereocenters. The third kappa shape index (κ3) is 5.00. The molecule has 0 spiro atoms. The van der Waals surface area contributed by atoms with E-state index in [1.165, 1.54) is 11.8 Å². The van der Waals surface area contributed by atoms with E-state index in [2.05, 4.69) is 28.6 Å². The molecule has 0 atom stereocenters. The van der Waals surface area contributed by atoms with Gasteiger partial charge in [-0.15, -0.1) is 10.2 Å². The van der Waals surface area contributed by atoms with Gasteiger partial charge in [-0.2, -0.15) is 0 Å². The molecule has 0 saturated carbocycles. The SMILES string of the molecule is CCC(CC)n1c(COc2ccccc2Cl)nnc1SCC(=O)N1CCCC1. The van der Waals surface area contributed by atoms with Crippen LogP contribution in [0.15, 0.2) is 29.4 Å². The molecule has 1 aromatic heterocycles. The molecule has 1 saturated heterocycles. The number of halogens is 1. The van der Waals surface area contributed by atoms with Crippen LogP contribution in [0.5, 0.6) is 5.75 Å². The molecule has 0 radical (unpaired) electrons. The van der Waals surface area contributed by atoms with Gasteiger partial charge in [0.2, 0.25) is 5.91 Å². The van der Waals surface area contributed by atoms with Gasteiger partial charge in [0.25, 0.3) is 0 Å². The maximum atomic E-state index is 12.4. The van der Waals surface area contributed by atoms with Crippen molar-refractivity contribution in [1.82, 2.24) is 19.7 Å². The third-order valence-electron chi connectivity index (χ3n) is 5.02. The van der Waals surface area contributed by atoms with Crippen molar-refractivity contribution in [3.63, 3.8) is 0 Å². The monoisotopic (exact) mass is 422 g/mol. The van der Waals surface area contributed by atoms with Gasteiger partial charge < -0.3 is 14.2 Å². The predicted octanol–water partition coefficient (Wildman–Crippen LogP) is 4.59. The van der Waals surface area contributed by atoms with E-state index in [1.54, 1.807) is 6.07 Å². The average Bonchev–Trinajstić information content (AvgIpc) is 3.37. The summed E-state index contributed by atoms with van der Waals surface area (Å²) < 4.78 is 8.01. The molecule has 8 heteroatoms. The Labute approximate surface area is 175 Å². The topological polar surface area (TPSA) is 60.2 Å². The van der Waals surface area contributed by atoms with Gasteiger partial charge in [0.1, 0.15) is 12.4 Å². The number of ether oxygens (including phenoxy) is 1. The van der Waals surface area contributed by atoms with Gasteiger partial charge in [0, 0.05) is 19.1 Å². The average molecular weight is 423 g/mol. The number of aromatic nitrogens is 3. The van der Waals surface area contributed by atoms with Crippen molar-refractivity contribution >= 4 is 29.3 Å². The van der Waals surface area contributed by atoms with Crippen LogP contribution in [0.4, 0.5) is 0 Å². The molecule has 1 aliphatic heterocycles. The van der Waals surface area contributed by atoms with Gasteiger partial charge in [-0.25, -0.2) is 0 Å². The van der Waals surface area contributed by atoms with Gasteiger partial charge in [-0.05, 0) is 37.8 Å². The van der Waals surface area contributed by atoms with E-state index in [9.17, 15) is 4.79 Å². The predicted molar refractivity (Wildman–Crippen MR) is 112 cm³/mol. The minimum atomic E-state index is 0.176. The Morgan fingerprint density at radius 3 is 2.61 bits per heavy atom. The van der Waals surface area contributed by atoms with Crippen molar-refractivity contribution in [3.05, 3.63) is 35.1 Å². The van der Waals surface area contributed by atoms with Gasteiger partial charge in [0.05, 0.1) is 10.8 Å². The molecule has 0 N–H and O–H groups in total. The van der Waals surface area contributed by atoms with E-state index in [1.807, 2.05) is 23.1 Å². The lowest BCUT2D eigenvalue weighted by atomic mass is 10.2. The molecule has 0 aliphatic carbocycles. The van der Waals surface area contributed by atoms with Crippen LogP contribution in [0.25, 0.3) is 0 Å². The van der Waals surface area contributed by atoms with Gasteiger partial charge in [0.15, 0.2) is 11.0 Å². The van der Waals surface area contributed by atoms with Crippen LogP contribution in [0.3, 0.4) is 0 Å². The molecule has 2 heterocycles. The Hall–Kier alpha value is -1.73. The zero-order valence-electron chi connectivity index (χ0n) is 16.4. The molecule has 6 nitrogen and oxygen atoms in total. The Kier molecular flexibility index (Phi) is 7.62. The standard InChI is InChI=1S/C20H27ClN4O2S/c1-3-15(4-2)25-18(13-27-17-10-6-5-9-16(17)21)22-23-20(25)28-14-19(26)24-11-7-8-12-24/h5-6,9-10,15H,3-4,7-8,11-14H2,1-2H3. The molecule has 152 valence electrons. The van der Waals surface area contributed by atoms with Crippen LogP contribution in [-0.2, 0) is 11.4 Å². The highest BCUT2D eigenvalue weighted by Crippen LogP contribution is 2.28. The number of rotatable bonds is 9. The third-order valence-corrected chi connectivity index (χ3v) is 6.26. The second kappa shape index (κ2) is 10.2. The van der Waals surface area contributed by atoms with Crippen LogP contribution in [0.1, 0.15) is 51.4 Å². The van der Waals surface area contributed by atoms with Crippen molar-refractivity contribution in [1.29, 1.82) is 0 Å². The van der Waals surface area contributed by atoms with Crippen LogP contribution in [0.2, 0.25) is 5.02 Å².